The molecule has 2 aromatic rings. The first-order valence-corrected chi connectivity index (χ1v) is 7.53. The Kier molecular flexibility index (Phi) is 2.11. The molecular weight excluding hydrogens is 230 g/mol. The Balaban J connectivity index is 1.94. The van der Waals surface area contributed by atoms with Gasteiger partial charge in [0.05, 0.1) is 0 Å². The summed E-state index contributed by atoms with van der Waals surface area (Å²) >= 11 is 0. The van der Waals surface area contributed by atoms with E-state index in [1.165, 1.54) is 40.9 Å². The zero-order valence-corrected chi connectivity index (χ0v) is 12.0. The lowest BCUT2D eigenvalue weighted by Crippen LogP contribution is -2.06. The lowest BCUT2D eigenvalue weighted by atomic mass is 9.92. The van der Waals surface area contributed by atoms with Gasteiger partial charge in [0.25, 0.3) is 0 Å². The average Bonchev–Trinajstić information content (AvgIpc) is 3.04. The highest BCUT2D eigenvalue weighted by Gasteiger charge is 2.53. The third-order valence-electron chi connectivity index (χ3n) is 5.00. The SMILES string of the molecule is CCc1cc2c([nH]1)C1(CC1)c1cc(C(C)C)ccc1-2. The fourth-order valence-corrected chi connectivity index (χ4v) is 3.62. The molecule has 1 spiro atoms. The predicted octanol–water partition coefficient (Wildman–Crippen LogP) is 4.76. The fraction of sp³-hybridized carbons (Fsp3) is 0.444. The van der Waals surface area contributed by atoms with Crippen molar-refractivity contribution in [3.8, 4) is 11.1 Å². The Bertz CT molecular complexity index is 656. The van der Waals surface area contributed by atoms with Crippen molar-refractivity contribution in [2.45, 2.75) is 51.4 Å². The van der Waals surface area contributed by atoms with E-state index in [2.05, 4.69) is 50.0 Å². The van der Waals surface area contributed by atoms with Gasteiger partial charge in [0.15, 0.2) is 0 Å². The van der Waals surface area contributed by atoms with Gasteiger partial charge in [-0.1, -0.05) is 39.0 Å². The molecule has 1 aromatic heterocycles. The van der Waals surface area contributed by atoms with Crippen LogP contribution in [0.25, 0.3) is 11.1 Å². The molecule has 1 N–H and O–H groups in total. The van der Waals surface area contributed by atoms with Crippen LogP contribution in [-0.4, -0.2) is 4.98 Å². The normalized spacial score (nSPS) is 17.9. The Morgan fingerprint density at radius 2 is 1.95 bits per heavy atom. The first-order chi connectivity index (χ1) is 9.15. The summed E-state index contributed by atoms with van der Waals surface area (Å²) in [5, 5.41) is 0. The van der Waals surface area contributed by atoms with E-state index >= 15 is 0 Å². The van der Waals surface area contributed by atoms with Crippen LogP contribution in [-0.2, 0) is 11.8 Å². The molecule has 1 heterocycles. The number of benzene rings is 1. The van der Waals surface area contributed by atoms with E-state index in [1.54, 1.807) is 5.56 Å². The van der Waals surface area contributed by atoms with Crippen LogP contribution in [0.4, 0.5) is 0 Å². The van der Waals surface area contributed by atoms with Crippen molar-refractivity contribution in [1.29, 1.82) is 0 Å². The Morgan fingerprint density at radius 3 is 2.58 bits per heavy atom. The van der Waals surface area contributed by atoms with Gasteiger partial charge in [0.2, 0.25) is 0 Å². The highest BCUT2D eigenvalue weighted by Crippen LogP contribution is 2.62. The van der Waals surface area contributed by atoms with Gasteiger partial charge < -0.3 is 4.98 Å². The minimum Gasteiger partial charge on any atom is -0.361 e. The zero-order valence-electron chi connectivity index (χ0n) is 12.0. The minimum absolute atomic E-state index is 0.350. The second-order valence-corrected chi connectivity index (χ2v) is 6.48. The van der Waals surface area contributed by atoms with Gasteiger partial charge in [-0.3, -0.25) is 0 Å². The van der Waals surface area contributed by atoms with Gasteiger partial charge in [-0.2, -0.15) is 0 Å². The van der Waals surface area contributed by atoms with Crippen LogP contribution in [0.3, 0.4) is 0 Å². The smallest absolute Gasteiger partial charge is 0.0366 e. The molecule has 1 saturated carbocycles. The van der Waals surface area contributed by atoms with E-state index < -0.39 is 0 Å². The van der Waals surface area contributed by atoms with Crippen molar-refractivity contribution < 1.29 is 0 Å². The van der Waals surface area contributed by atoms with Gasteiger partial charge in [-0.15, -0.1) is 0 Å². The van der Waals surface area contributed by atoms with Crippen molar-refractivity contribution in [3.05, 3.63) is 46.8 Å². The number of aromatic nitrogens is 1. The van der Waals surface area contributed by atoms with Gasteiger partial charge in [0, 0.05) is 22.4 Å². The topological polar surface area (TPSA) is 15.8 Å². The third kappa shape index (κ3) is 1.36. The molecule has 1 nitrogen and oxygen atoms in total. The molecule has 0 atom stereocenters. The molecule has 1 fully saturated rings. The highest BCUT2D eigenvalue weighted by atomic mass is 14.8. The highest BCUT2D eigenvalue weighted by molar-refractivity contribution is 5.82. The lowest BCUT2D eigenvalue weighted by molar-refractivity contribution is 0.814. The number of H-pyrrole nitrogens is 1. The largest absolute Gasteiger partial charge is 0.361 e. The van der Waals surface area contributed by atoms with Crippen LogP contribution in [0.2, 0.25) is 0 Å². The maximum atomic E-state index is 3.69. The maximum Gasteiger partial charge on any atom is 0.0366 e. The summed E-state index contributed by atoms with van der Waals surface area (Å²) in [5.41, 5.74) is 9.25. The number of rotatable bonds is 2. The molecule has 0 saturated heterocycles. The minimum atomic E-state index is 0.350. The summed E-state index contributed by atoms with van der Waals surface area (Å²) < 4.78 is 0. The second-order valence-electron chi connectivity index (χ2n) is 6.48. The monoisotopic (exact) mass is 251 g/mol. The van der Waals surface area contributed by atoms with E-state index in [0.29, 0.717) is 11.3 Å². The molecular formula is C18H21N. The molecule has 1 aromatic carbocycles. The van der Waals surface area contributed by atoms with Crippen LogP contribution in [0.15, 0.2) is 24.3 Å². The molecule has 0 radical (unpaired) electrons. The Labute approximate surface area is 115 Å². The summed E-state index contributed by atoms with van der Waals surface area (Å²) in [7, 11) is 0. The van der Waals surface area contributed by atoms with Crippen LogP contribution in [0.5, 0.6) is 0 Å². The molecule has 0 amide bonds. The van der Waals surface area contributed by atoms with Crippen LogP contribution < -0.4 is 0 Å². The van der Waals surface area contributed by atoms with Crippen LogP contribution >= 0.6 is 0 Å². The van der Waals surface area contributed by atoms with Crippen molar-refractivity contribution in [2.24, 2.45) is 0 Å². The molecule has 2 aliphatic carbocycles. The van der Waals surface area contributed by atoms with Crippen LogP contribution in [0.1, 0.15) is 62.0 Å². The molecule has 1 heteroatoms. The summed E-state index contributed by atoms with van der Waals surface area (Å²) in [5.74, 6) is 0.617. The molecule has 4 rings (SSSR count). The number of aromatic amines is 1. The molecule has 98 valence electrons. The Hall–Kier alpha value is -1.50. The van der Waals surface area contributed by atoms with Gasteiger partial charge in [-0.25, -0.2) is 0 Å². The zero-order chi connectivity index (χ0) is 13.2. The van der Waals surface area contributed by atoms with E-state index in [0.717, 1.165) is 6.42 Å². The van der Waals surface area contributed by atoms with Crippen molar-refractivity contribution in [2.75, 3.05) is 0 Å². The molecule has 2 aliphatic rings. The average molecular weight is 251 g/mol. The van der Waals surface area contributed by atoms with E-state index in [1.807, 2.05) is 0 Å². The number of hydrogen-bond donors (Lipinski definition) is 1. The standard InChI is InChI=1S/C18H21N/c1-4-13-10-15-14-6-5-12(11(2)3)9-16(14)18(7-8-18)17(15)19-13/h5-6,9-11,19H,4,7-8H2,1-3H3. The van der Waals surface area contributed by atoms with Crippen molar-refractivity contribution >= 4 is 0 Å². The summed E-state index contributed by atoms with van der Waals surface area (Å²) in [6, 6.07) is 9.50. The summed E-state index contributed by atoms with van der Waals surface area (Å²) in [6.07, 6.45) is 3.74. The number of hydrogen-bond acceptors (Lipinski definition) is 0. The summed E-state index contributed by atoms with van der Waals surface area (Å²) in [4.78, 5) is 3.69. The first-order valence-electron chi connectivity index (χ1n) is 7.53. The number of nitrogens with one attached hydrogen (secondary N) is 1. The Morgan fingerprint density at radius 1 is 1.16 bits per heavy atom. The van der Waals surface area contributed by atoms with Crippen molar-refractivity contribution in [3.63, 3.8) is 0 Å². The van der Waals surface area contributed by atoms with Gasteiger partial charge >= 0.3 is 0 Å². The lowest BCUT2D eigenvalue weighted by Gasteiger charge is -2.13. The quantitative estimate of drug-likeness (QED) is 0.792. The number of aryl methyl sites for hydroxylation is 1. The molecule has 0 unspecified atom stereocenters. The molecule has 19 heavy (non-hydrogen) atoms. The van der Waals surface area contributed by atoms with E-state index in [9.17, 15) is 0 Å². The second kappa shape index (κ2) is 3.53. The third-order valence-corrected chi connectivity index (χ3v) is 5.00. The van der Waals surface area contributed by atoms with Crippen molar-refractivity contribution in [1.82, 2.24) is 4.98 Å². The predicted molar refractivity (Wildman–Crippen MR) is 79.7 cm³/mol. The van der Waals surface area contributed by atoms with E-state index in [4.69, 9.17) is 0 Å². The maximum absolute atomic E-state index is 3.69. The number of fused-ring (bicyclic) bond motifs is 5. The van der Waals surface area contributed by atoms with Crippen LogP contribution in [0, 0.1) is 0 Å². The van der Waals surface area contributed by atoms with Gasteiger partial charge in [0.1, 0.15) is 0 Å². The first kappa shape index (κ1) is 11.3. The fourth-order valence-electron chi connectivity index (χ4n) is 3.62. The van der Waals surface area contributed by atoms with E-state index in [-0.39, 0.29) is 0 Å². The molecule has 0 aliphatic heterocycles. The van der Waals surface area contributed by atoms with Gasteiger partial charge in [-0.05, 0) is 47.9 Å². The summed E-state index contributed by atoms with van der Waals surface area (Å²) in [6.45, 7) is 6.79. The molecule has 0 bridgehead atoms.